The number of cyclic esters (lactones) is 1. The second kappa shape index (κ2) is 4.71. The molecule has 2 aliphatic heterocycles. The molecule has 19 heavy (non-hydrogen) atoms. The zero-order valence-electron chi connectivity index (χ0n) is 11.4. The van der Waals surface area contributed by atoms with Gasteiger partial charge in [0.05, 0.1) is 0 Å². The number of urea groups is 1. The predicted molar refractivity (Wildman–Crippen MR) is 66.4 cm³/mol. The first-order chi connectivity index (χ1) is 8.76. The normalized spacial score (nSPS) is 20.4. The van der Waals surface area contributed by atoms with Crippen molar-refractivity contribution in [1.29, 1.82) is 0 Å². The zero-order valence-corrected chi connectivity index (χ0v) is 11.4. The summed E-state index contributed by atoms with van der Waals surface area (Å²) in [6.45, 7) is 7.03. The van der Waals surface area contributed by atoms with Crippen LogP contribution in [0.1, 0.15) is 20.8 Å². The molecular weight excluding hydrogens is 250 g/mol. The van der Waals surface area contributed by atoms with E-state index < -0.39 is 6.09 Å². The van der Waals surface area contributed by atoms with Crippen molar-refractivity contribution in [3.05, 3.63) is 0 Å². The lowest BCUT2D eigenvalue weighted by atomic mass is 10.00. The van der Waals surface area contributed by atoms with Gasteiger partial charge < -0.3 is 15.0 Å². The minimum absolute atomic E-state index is 0.112. The fourth-order valence-electron chi connectivity index (χ4n) is 2.07. The second-order valence-corrected chi connectivity index (χ2v) is 6.01. The van der Waals surface area contributed by atoms with Crippen molar-refractivity contribution in [2.24, 2.45) is 5.92 Å². The Morgan fingerprint density at radius 3 is 2.47 bits per heavy atom. The number of carbonyl (C=O) groups excluding carboxylic acids is 3. The molecule has 0 saturated carbocycles. The molecule has 4 amide bonds. The molecule has 106 valence electrons. The van der Waals surface area contributed by atoms with Crippen LogP contribution in [0.25, 0.3) is 0 Å². The Hall–Kier alpha value is -1.79. The van der Waals surface area contributed by atoms with Crippen molar-refractivity contribution in [1.82, 2.24) is 15.1 Å². The minimum atomic E-state index is -0.581. The van der Waals surface area contributed by atoms with E-state index in [0.717, 1.165) is 4.90 Å². The second-order valence-electron chi connectivity index (χ2n) is 6.01. The molecule has 1 N–H and O–H groups in total. The number of nitrogens with one attached hydrogen (secondary N) is 1. The highest BCUT2D eigenvalue weighted by atomic mass is 16.6. The molecular formula is C12H19N3O4. The van der Waals surface area contributed by atoms with Gasteiger partial charge in [0.1, 0.15) is 0 Å². The third kappa shape index (κ3) is 3.15. The average molecular weight is 269 g/mol. The molecule has 0 radical (unpaired) electrons. The Kier molecular flexibility index (Phi) is 3.38. The largest absolute Gasteiger partial charge is 0.439 e. The first-order valence-electron chi connectivity index (χ1n) is 6.30. The number of hydrogen-bond acceptors (Lipinski definition) is 4. The van der Waals surface area contributed by atoms with Gasteiger partial charge in [0, 0.05) is 31.1 Å². The van der Waals surface area contributed by atoms with E-state index in [1.165, 1.54) is 0 Å². The number of carbonyl (C=O) groups is 3. The Balaban J connectivity index is 1.76. The fourth-order valence-corrected chi connectivity index (χ4v) is 2.07. The molecule has 2 aliphatic rings. The summed E-state index contributed by atoms with van der Waals surface area (Å²) in [7, 11) is 0. The summed E-state index contributed by atoms with van der Waals surface area (Å²) < 4.78 is 4.63. The SMILES string of the molecule is CC(C)(C)NC(=O)N1CC(CN2C(=O)COC2=O)C1. The molecule has 7 nitrogen and oxygen atoms in total. The standard InChI is InChI=1S/C12H19N3O4/c1-12(2,3)13-10(17)14-4-8(5-14)6-15-9(16)7-19-11(15)18/h8H,4-7H2,1-3H3,(H,13,17). The van der Waals surface area contributed by atoms with Crippen LogP contribution in [0.5, 0.6) is 0 Å². The molecule has 7 heteroatoms. The van der Waals surface area contributed by atoms with Crippen LogP contribution in [0.4, 0.5) is 9.59 Å². The lowest BCUT2D eigenvalue weighted by molar-refractivity contribution is -0.126. The number of imide groups is 1. The molecule has 2 rings (SSSR count). The summed E-state index contributed by atoms with van der Waals surface area (Å²) in [6.07, 6.45) is -0.581. The summed E-state index contributed by atoms with van der Waals surface area (Å²) >= 11 is 0. The van der Waals surface area contributed by atoms with Crippen LogP contribution in [0, 0.1) is 5.92 Å². The molecule has 0 aliphatic carbocycles. The lowest BCUT2D eigenvalue weighted by Crippen LogP contribution is -2.59. The summed E-state index contributed by atoms with van der Waals surface area (Å²) in [5.74, 6) is -0.164. The van der Waals surface area contributed by atoms with Crippen molar-refractivity contribution in [3.63, 3.8) is 0 Å². The van der Waals surface area contributed by atoms with Crippen LogP contribution in [0.2, 0.25) is 0 Å². The molecule has 0 bridgehead atoms. The van der Waals surface area contributed by atoms with Crippen molar-refractivity contribution in [2.45, 2.75) is 26.3 Å². The van der Waals surface area contributed by atoms with Crippen LogP contribution >= 0.6 is 0 Å². The highest BCUT2D eigenvalue weighted by Crippen LogP contribution is 2.19. The van der Waals surface area contributed by atoms with Gasteiger partial charge in [0.15, 0.2) is 6.61 Å². The molecule has 0 atom stereocenters. The highest BCUT2D eigenvalue weighted by molar-refractivity contribution is 5.97. The van der Waals surface area contributed by atoms with Gasteiger partial charge in [-0.25, -0.2) is 14.5 Å². The lowest BCUT2D eigenvalue weighted by Gasteiger charge is -2.41. The maximum absolute atomic E-state index is 11.8. The molecule has 0 spiro atoms. The van der Waals surface area contributed by atoms with E-state index >= 15 is 0 Å². The highest BCUT2D eigenvalue weighted by Gasteiger charge is 2.38. The van der Waals surface area contributed by atoms with Crippen LogP contribution in [0.3, 0.4) is 0 Å². The number of likely N-dealkylation sites (tertiary alicyclic amines) is 1. The van der Waals surface area contributed by atoms with Gasteiger partial charge in [0.2, 0.25) is 0 Å². The number of nitrogens with zero attached hydrogens (tertiary/aromatic N) is 2. The van der Waals surface area contributed by atoms with Crippen molar-refractivity contribution >= 4 is 18.0 Å². The Labute approximate surface area is 111 Å². The van der Waals surface area contributed by atoms with Gasteiger partial charge >= 0.3 is 12.1 Å². The summed E-state index contributed by atoms with van der Waals surface area (Å²) in [5, 5.41) is 2.87. The third-order valence-corrected chi connectivity index (χ3v) is 3.01. The third-order valence-electron chi connectivity index (χ3n) is 3.01. The van der Waals surface area contributed by atoms with E-state index in [1.54, 1.807) is 4.90 Å². The van der Waals surface area contributed by atoms with E-state index in [1.807, 2.05) is 20.8 Å². The van der Waals surface area contributed by atoms with Gasteiger partial charge in [-0.3, -0.25) is 4.79 Å². The number of ether oxygens (including phenoxy) is 1. The van der Waals surface area contributed by atoms with E-state index in [-0.39, 0.29) is 30.0 Å². The predicted octanol–water partition coefficient (Wildman–Crippen LogP) is 0.405. The maximum Gasteiger partial charge on any atom is 0.417 e. The maximum atomic E-state index is 11.8. The van der Waals surface area contributed by atoms with Gasteiger partial charge in [-0.1, -0.05) is 0 Å². The van der Waals surface area contributed by atoms with Gasteiger partial charge in [-0.15, -0.1) is 0 Å². The van der Waals surface area contributed by atoms with Gasteiger partial charge in [-0.2, -0.15) is 0 Å². The Bertz CT molecular complexity index is 394. The molecule has 2 fully saturated rings. The molecule has 0 unspecified atom stereocenters. The minimum Gasteiger partial charge on any atom is -0.439 e. The van der Waals surface area contributed by atoms with Gasteiger partial charge in [0.25, 0.3) is 5.91 Å². The number of hydrogen-bond donors (Lipinski definition) is 1. The van der Waals surface area contributed by atoms with Crippen molar-refractivity contribution < 1.29 is 19.1 Å². The number of amides is 4. The zero-order chi connectivity index (χ0) is 14.2. The van der Waals surface area contributed by atoms with Gasteiger partial charge in [-0.05, 0) is 20.8 Å². The van der Waals surface area contributed by atoms with E-state index in [2.05, 4.69) is 10.1 Å². The fraction of sp³-hybridized carbons (Fsp3) is 0.750. The molecule has 0 aromatic carbocycles. The number of rotatable bonds is 2. The van der Waals surface area contributed by atoms with E-state index in [4.69, 9.17) is 0 Å². The van der Waals surface area contributed by atoms with Crippen LogP contribution < -0.4 is 5.32 Å². The Morgan fingerprint density at radius 1 is 1.37 bits per heavy atom. The van der Waals surface area contributed by atoms with Crippen LogP contribution in [-0.2, 0) is 9.53 Å². The van der Waals surface area contributed by atoms with E-state index in [0.29, 0.717) is 19.6 Å². The first kappa shape index (κ1) is 13.6. The van der Waals surface area contributed by atoms with Crippen LogP contribution in [0.15, 0.2) is 0 Å². The quantitative estimate of drug-likeness (QED) is 0.787. The van der Waals surface area contributed by atoms with Crippen molar-refractivity contribution in [3.8, 4) is 0 Å². The summed E-state index contributed by atoms with van der Waals surface area (Å²) in [4.78, 5) is 37.2. The molecule has 0 aromatic heterocycles. The topological polar surface area (TPSA) is 79.0 Å². The molecule has 2 saturated heterocycles. The smallest absolute Gasteiger partial charge is 0.417 e. The molecule has 2 heterocycles. The monoisotopic (exact) mass is 269 g/mol. The van der Waals surface area contributed by atoms with E-state index in [9.17, 15) is 14.4 Å². The summed E-state index contributed by atoms with van der Waals surface area (Å²) in [5.41, 5.74) is -0.267. The molecule has 0 aromatic rings. The first-order valence-corrected chi connectivity index (χ1v) is 6.30. The van der Waals surface area contributed by atoms with Crippen LogP contribution in [-0.4, -0.2) is 59.6 Å². The van der Waals surface area contributed by atoms with Crippen molar-refractivity contribution in [2.75, 3.05) is 26.2 Å². The Morgan fingerprint density at radius 2 is 2.00 bits per heavy atom. The average Bonchev–Trinajstić information content (AvgIpc) is 2.50. The summed E-state index contributed by atoms with van der Waals surface area (Å²) in [6, 6.07) is -0.112.